The summed E-state index contributed by atoms with van der Waals surface area (Å²) >= 11 is 0. The second-order valence-electron chi connectivity index (χ2n) is 9.57. The van der Waals surface area contributed by atoms with Crippen LogP contribution in [0.5, 0.6) is 0 Å². The van der Waals surface area contributed by atoms with E-state index in [1.807, 2.05) is 0 Å². The molecule has 3 N–H and O–H groups in total. The van der Waals surface area contributed by atoms with Crippen LogP contribution in [0.1, 0.15) is 58.3 Å². The molecule has 0 heterocycles. The zero-order valence-electron chi connectivity index (χ0n) is 14.4. The van der Waals surface area contributed by atoms with Crippen LogP contribution >= 0.6 is 0 Å². The first-order valence-corrected chi connectivity index (χ1v) is 9.47. The van der Waals surface area contributed by atoms with Crippen molar-refractivity contribution in [1.29, 1.82) is 0 Å². The lowest BCUT2D eigenvalue weighted by Gasteiger charge is -2.65. The van der Waals surface area contributed by atoms with Crippen LogP contribution in [-0.2, 0) is 0 Å². The van der Waals surface area contributed by atoms with Crippen LogP contribution in [-0.4, -0.2) is 34.6 Å². The topological polar surface area (TPSA) is 60.7 Å². The number of hydrogen-bond donors (Lipinski definition) is 3. The number of aliphatic hydroxyl groups is 3. The van der Waals surface area contributed by atoms with Crippen molar-refractivity contribution in [3.05, 3.63) is 12.2 Å². The summed E-state index contributed by atoms with van der Waals surface area (Å²) in [5.41, 5.74) is 1.39. The Hall–Kier alpha value is -0.380. The summed E-state index contributed by atoms with van der Waals surface area (Å²) in [7, 11) is 0. The van der Waals surface area contributed by atoms with Gasteiger partial charge in [0, 0.05) is 5.41 Å². The van der Waals surface area contributed by atoms with E-state index in [2.05, 4.69) is 13.5 Å². The van der Waals surface area contributed by atoms with Gasteiger partial charge in [0.15, 0.2) is 0 Å². The van der Waals surface area contributed by atoms with Gasteiger partial charge in [0.2, 0.25) is 0 Å². The zero-order chi connectivity index (χ0) is 16.5. The predicted molar refractivity (Wildman–Crippen MR) is 89.7 cm³/mol. The predicted octanol–water partition coefficient (Wildman–Crippen LogP) is 2.89. The van der Waals surface area contributed by atoms with E-state index in [0.29, 0.717) is 23.7 Å². The number of aliphatic hydroxyl groups excluding tert-OH is 3. The molecular formula is C20H32O3. The molecule has 6 atom stereocenters. The Kier molecular flexibility index (Phi) is 3.54. The molecule has 0 aromatic heterocycles. The van der Waals surface area contributed by atoms with Crippen LogP contribution in [0.25, 0.3) is 0 Å². The Morgan fingerprint density at radius 1 is 1.04 bits per heavy atom. The van der Waals surface area contributed by atoms with Crippen molar-refractivity contribution in [2.24, 2.45) is 34.0 Å². The molecule has 3 nitrogen and oxygen atoms in total. The van der Waals surface area contributed by atoms with E-state index in [0.717, 1.165) is 18.8 Å². The second kappa shape index (κ2) is 5.06. The highest BCUT2D eigenvalue weighted by Gasteiger charge is 2.65. The Morgan fingerprint density at radius 2 is 1.78 bits per heavy atom. The molecule has 0 aromatic rings. The summed E-state index contributed by atoms with van der Waals surface area (Å²) in [5.74, 6) is 1.66. The standard InChI is InChI=1S/C20H32O3/c1-13-7-19-6-5-17-18(2,16(19)4-3-14(13)8-19)9-15(23)10-20(17,11-21)12-22/h14-17,21-23H,1,3-12H2,2H3/t14?,15-,16?,17?,18+,19?/m1/s1. The van der Waals surface area contributed by atoms with Crippen LogP contribution in [0, 0.1) is 34.0 Å². The average Bonchev–Trinajstić information content (AvgIpc) is 2.74. The number of fused-ring (bicyclic) bond motifs is 3. The van der Waals surface area contributed by atoms with E-state index in [9.17, 15) is 15.3 Å². The maximum Gasteiger partial charge on any atom is 0.0552 e. The molecule has 4 aliphatic carbocycles. The largest absolute Gasteiger partial charge is 0.396 e. The molecule has 4 aliphatic rings. The second-order valence-corrected chi connectivity index (χ2v) is 9.57. The quantitative estimate of drug-likeness (QED) is 0.686. The van der Waals surface area contributed by atoms with Gasteiger partial charge in [-0.25, -0.2) is 0 Å². The fourth-order valence-electron chi connectivity index (χ4n) is 7.83. The molecule has 0 radical (unpaired) electrons. The van der Waals surface area contributed by atoms with Crippen LogP contribution in [0.2, 0.25) is 0 Å². The summed E-state index contributed by atoms with van der Waals surface area (Å²) in [6.45, 7) is 6.70. The Balaban J connectivity index is 1.75. The summed E-state index contributed by atoms with van der Waals surface area (Å²) in [5, 5.41) is 30.8. The fourth-order valence-corrected chi connectivity index (χ4v) is 7.83. The molecule has 4 saturated carbocycles. The SMILES string of the molecule is C=C1CC23CCC4C(CO)(CO)C[C@H](O)C[C@@]4(C)C2CCC1C3. The monoisotopic (exact) mass is 320 g/mol. The van der Waals surface area contributed by atoms with Crippen molar-refractivity contribution in [3.63, 3.8) is 0 Å². The third-order valence-electron chi connectivity index (χ3n) is 8.56. The van der Waals surface area contributed by atoms with Crippen molar-refractivity contribution in [2.75, 3.05) is 13.2 Å². The molecule has 23 heavy (non-hydrogen) atoms. The number of rotatable bonds is 2. The molecule has 2 bridgehead atoms. The third kappa shape index (κ3) is 1.99. The molecule has 4 rings (SSSR count). The van der Waals surface area contributed by atoms with Gasteiger partial charge in [0.05, 0.1) is 19.3 Å². The molecule has 4 unspecified atom stereocenters. The molecule has 1 spiro atoms. The first-order valence-electron chi connectivity index (χ1n) is 9.47. The van der Waals surface area contributed by atoms with Crippen LogP contribution in [0.3, 0.4) is 0 Å². The van der Waals surface area contributed by atoms with E-state index in [4.69, 9.17) is 0 Å². The molecule has 0 saturated heterocycles. The van der Waals surface area contributed by atoms with Gasteiger partial charge < -0.3 is 15.3 Å². The fraction of sp³-hybridized carbons (Fsp3) is 0.900. The van der Waals surface area contributed by atoms with Gasteiger partial charge in [-0.3, -0.25) is 0 Å². The Bertz CT molecular complexity index is 511. The first-order chi connectivity index (χ1) is 10.9. The highest BCUT2D eigenvalue weighted by Crippen LogP contribution is 2.72. The Morgan fingerprint density at radius 3 is 2.48 bits per heavy atom. The van der Waals surface area contributed by atoms with E-state index in [1.54, 1.807) is 0 Å². The van der Waals surface area contributed by atoms with E-state index in [-0.39, 0.29) is 18.6 Å². The van der Waals surface area contributed by atoms with Gasteiger partial charge in [-0.1, -0.05) is 19.1 Å². The smallest absolute Gasteiger partial charge is 0.0552 e. The van der Waals surface area contributed by atoms with Crippen molar-refractivity contribution in [3.8, 4) is 0 Å². The summed E-state index contributed by atoms with van der Waals surface area (Å²) in [6.07, 6.45) is 8.23. The number of allylic oxidation sites excluding steroid dienone is 1. The lowest BCUT2D eigenvalue weighted by molar-refractivity contribution is -0.200. The minimum absolute atomic E-state index is 0.00410. The first kappa shape index (κ1) is 16.1. The molecule has 0 aliphatic heterocycles. The van der Waals surface area contributed by atoms with Crippen LogP contribution < -0.4 is 0 Å². The van der Waals surface area contributed by atoms with E-state index < -0.39 is 11.5 Å². The Labute approximate surface area is 139 Å². The van der Waals surface area contributed by atoms with Crippen molar-refractivity contribution < 1.29 is 15.3 Å². The summed E-state index contributed by atoms with van der Waals surface area (Å²) in [6, 6.07) is 0. The molecule has 4 fully saturated rings. The summed E-state index contributed by atoms with van der Waals surface area (Å²) in [4.78, 5) is 0. The maximum absolute atomic E-state index is 10.6. The van der Waals surface area contributed by atoms with Gasteiger partial charge in [0.25, 0.3) is 0 Å². The van der Waals surface area contributed by atoms with Crippen molar-refractivity contribution >= 4 is 0 Å². The van der Waals surface area contributed by atoms with Gasteiger partial charge in [0.1, 0.15) is 0 Å². The average molecular weight is 320 g/mol. The lowest BCUT2D eigenvalue weighted by Crippen LogP contribution is -2.61. The van der Waals surface area contributed by atoms with E-state index >= 15 is 0 Å². The maximum atomic E-state index is 10.6. The molecular weight excluding hydrogens is 288 g/mol. The van der Waals surface area contributed by atoms with Crippen molar-refractivity contribution in [2.45, 2.75) is 64.4 Å². The molecule has 130 valence electrons. The lowest BCUT2D eigenvalue weighted by atomic mass is 9.40. The normalized spacial score (nSPS) is 51.2. The van der Waals surface area contributed by atoms with Gasteiger partial charge in [-0.15, -0.1) is 0 Å². The van der Waals surface area contributed by atoms with Gasteiger partial charge in [-0.2, -0.15) is 0 Å². The highest BCUT2D eigenvalue weighted by molar-refractivity contribution is 5.22. The highest BCUT2D eigenvalue weighted by atomic mass is 16.3. The third-order valence-corrected chi connectivity index (χ3v) is 8.56. The van der Waals surface area contributed by atoms with E-state index in [1.165, 1.54) is 37.7 Å². The summed E-state index contributed by atoms with van der Waals surface area (Å²) < 4.78 is 0. The number of hydrogen-bond acceptors (Lipinski definition) is 3. The molecule has 3 heteroatoms. The van der Waals surface area contributed by atoms with Crippen LogP contribution in [0.15, 0.2) is 12.2 Å². The van der Waals surface area contributed by atoms with Crippen LogP contribution in [0.4, 0.5) is 0 Å². The van der Waals surface area contributed by atoms with Gasteiger partial charge >= 0.3 is 0 Å². The van der Waals surface area contributed by atoms with Gasteiger partial charge in [-0.05, 0) is 80.0 Å². The minimum Gasteiger partial charge on any atom is -0.396 e. The molecule has 0 aromatic carbocycles. The minimum atomic E-state index is -0.500. The van der Waals surface area contributed by atoms with Crippen molar-refractivity contribution in [1.82, 2.24) is 0 Å². The molecule has 0 amide bonds. The zero-order valence-corrected chi connectivity index (χ0v) is 14.4.